The van der Waals surface area contributed by atoms with Gasteiger partial charge in [0.05, 0.1) is 17.2 Å². The van der Waals surface area contributed by atoms with E-state index in [1.165, 1.54) is 12.1 Å². The largest absolute Gasteiger partial charge is 0.478 e. The number of aromatic carboxylic acids is 2. The highest BCUT2D eigenvalue weighted by Crippen LogP contribution is 2.43. The lowest BCUT2D eigenvalue weighted by Crippen LogP contribution is -2.21. The van der Waals surface area contributed by atoms with Crippen LogP contribution in [0, 0.1) is 0 Å². The van der Waals surface area contributed by atoms with E-state index < -0.39 is 11.9 Å². The van der Waals surface area contributed by atoms with Crippen LogP contribution < -0.4 is 9.93 Å². The predicted molar refractivity (Wildman–Crippen MR) is 122 cm³/mol. The molecular formula is C25H25N2O5+. The van der Waals surface area contributed by atoms with Gasteiger partial charge in [0, 0.05) is 48.6 Å². The smallest absolute Gasteiger partial charge is 0.336 e. The van der Waals surface area contributed by atoms with Crippen LogP contribution in [-0.4, -0.2) is 55.2 Å². The third-order valence-corrected chi connectivity index (χ3v) is 5.84. The van der Waals surface area contributed by atoms with Gasteiger partial charge in [-0.3, -0.25) is 0 Å². The summed E-state index contributed by atoms with van der Waals surface area (Å²) in [5.74, 6) is -1.00. The van der Waals surface area contributed by atoms with Crippen LogP contribution in [0.2, 0.25) is 0 Å². The zero-order valence-corrected chi connectivity index (χ0v) is 18.5. The first-order valence-electron chi connectivity index (χ1n) is 10.3. The third kappa shape index (κ3) is 3.66. The Bertz CT molecular complexity index is 1330. The predicted octanol–water partition coefficient (Wildman–Crippen LogP) is 3.33. The second-order valence-electron chi connectivity index (χ2n) is 8.30. The van der Waals surface area contributed by atoms with Crippen LogP contribution in [0.3, 0.4) is 0 Å². The molecule has 164 valence electrons. The minimum absolute atomic E-state index is 0.0429. The number of hydrogen-bond acceptors (Lipinski definition) is 4. The Labute approximate surface area is 185 Å². The van der Waals surface area contributed by atoms with E-state index >= 15 is 0 Å². The van der Waals surface area contributed by atoms with Crippen LogP contribution in [0.25, 0.3) is 28.5 Å². The molecule has 7 nitrogen and oxygen atoms in total. The van der Waals surface area contributed by atoms with Gasteiger partial charge in [-0.2, -0.15) is 0 Å². The van der Waals surface area contributed by atoms with Crippen molar-refractivity contribution in [3.63, 3.8) is 0 Å². The van der Waals surface area contributed by atoms with Gasteiger partial charge in [0.1, 0.15) is 25.6 Å². The molecule has 0 bridgehead atoms. The quantitative estimate of drug-likeness (QED) is 0.613. The summed E-state index contributed by atoms with van der Waals surface area (Å²) in [6, 6.07) is 10.1. The van der Waals surface area contributed by atoms with Crippen molar-refractivity contribution in [1.82, 2.24) is 9.48 Å². The molecule has 0 spiro atoms. The van der Waals surface area contributed by atoms with Crippen molar-refractivity contribution < 1.29 is 24.2 Å². The highest BCUT2D eigenvalue weighted by molar-refractivity contribution is 6.02. The molecule has 0 atom stereocenters. The molecule has 0 saturated carbocycles. The Morgan fingerprint density at radius 2 is 1.69 bits per heavy atom. The first kappa shape index (κ1) is 21.4. The molecule has 0 amide bonds. The molecular weight excluding hydrogens is 408 g/mol. The van der Waals surface area contributed by atoms with Gasteiger partial charge >= 0.3 is 11.9 Å². The van der Waals surface area contributed by atoms with Crippen LogP contribution in [0.1, 0.15) is 38.5 Å². The van der Waals surface area contributed by atoms with Crippen molar-refractivity contribution in [3.8, 4) is 22.5 Å². The van der Waals surface area contributed by atoms with Gasteiger partial charge in [0.15, 0.2) is 0 Å². The monoisotopic (exact) mass is 433 g/mol. The second kappa shape index (κ2) is 8.00. The SMILES string of the molecule is CN(C)C1=Cc2oc3cc(=[N+](C)C)ccc-3c(-c3ccc(C(=O)O)cc3C(=O)O)c2CC1. The Hall–Kier alpha value is -3.87. The van der Waals surface area contributed by atoms with E-state index in [2.05, 4.69) is 0 Å². The first-order chi connectivity index (χ1) is 15.2. The number of allylic oxidation sites excluding steroid dienone is 1. The van der Waals surface area contributed by atoms with E-state index in [1.807, 2.05) is 61.9 Å². The maximum absolute atomic E-state index is 12.1. The maximum atomic E-state index is 12.1. The fourth-order valence-corrected chi connectivity index (χ4v) is 4.12. The molecule has 0 fully saturated rings. The van der Waals surface area contributed by atoms with E-state index in [-0.39, 0.29) is 11.1 Å². The van der Waals surface area contributed by atoms with Gasteiger partial charge in [0.25, 0.3) is 0 Å². The van der Waals surface area contributed by atoms with Crippen molar-refractivity contribution in [2.75, 3.05) is 28.2 Å². The number of carboxylic acids is 2. The number of hydrogen-bond donors (Lipinski definition) is 2. The summed E-state index contributed by atoms with van der Waals surface area (Å²) in [6.07, 6.45) is 3.47. The van der Waals surface area contributed by atoms with Crippen molar-refractivity contribution >= 4 is 18.0 Å². The van der Waals surface area contributed by atoms with E-state index in [0.29, 0.717) is 23.5 Å². The number of carbonyl (C=O) groups is 2. The molecule has 1 aromatic rings. The molecule has 0 aromatic heterocycles. The summed E-state index contributed by atoms with van der Waals surface area (Å²) >= 11 is 0. The topological polar surface area (TPSA) is 94.0 Å². The maximum Gasteiger partial charge on any atom is 0.336 e. The van der Waals surface area contributed by atoms with Gasteiger partial charge in [-0.1, -0.05) is 6.07 Å². The molecule has 0 radical (unpaired) electrons. The average Bonchev–Trinajstić information content (AvgIpc) is 2.75. The highest BCUT2D eigenvalue weighted by Gasteiger charge is 2.27. The Balaban J connectivity index is 2.11. The standard InChI is InChI=1S/C25H24N2O5/c1-26(2)15-6-9-18-21(12-15)32-22-13-16(27(3)4)7-10-19(22)23(18)17-8-5-14(24(28)29)11-20(17)25(30)31/h5-6,8-9,11-13H,7,10H2,1-4H3,(H-,28,29,30,31)/p+1. The average molecular weight is 433 g/mol. The molecule has 1 aliphatic heterocycles. The van der Waals surface area contributed by atoms with E-state index in [9.17, 15) is 19.8 Å². The molecule has 3 aliphatic rings. The van der Waals surface area contributed by atoms with Crippen LogP contribution >= 0.6 is 0 Å². The van der Waals surface area contributed by atoms with Crippen molar-refractivity contribution in [2.45, 2.75) is 12.8 Å². The van der Waals surface area contributed by atoms with Crippen LogP contribution in [0.4, 0.5) is 0 Å². The minimum Gasteiger partial charge on any atom is -0.478 e. The molecule has 1 aromatic carbocycles. The number of fused-ring (bicyclic) bond motifs is 2. The van der Waals surface area contributed by atoms with Gasteiger partial charge in [-0.15, -0.1) is 0 Å². The summed E-state index contributed by atoms with van der Waals surface area (Å²) in [5.41, 5.74) is 3.99. The summed E-state index contributed by atoms with van der Waals surface area (Å²) in [5, 5.41) is 20.2. The molecule has 32 heavy (non-hydrogen) atoms. The fraction of sp³-hybridized carbons (Fsp3) is 0.240. The highest BCUT2D eigenvalue weighted by atomic mass is 16.4. The molecule has 7 heteroatoms. The lowest BCUT2D eigenvalue weighted by molar-refractivity contribution is 0.0696. The van der Waals surface area contributed by atoms with E-state index in [0.717, 1.165) is 34.2 Å². The Morgan fingerprint density at radius 1 is 0.969 bits per heavy atom. The van der Waals surface area contributed by atoms with Crippen molar-refractivity contribution in [2.24, 2.45) is 0 Å². The Kier molecular flexibility index (Phi) is 5.34. The fourth-order valence-electron chi connectivity index (χ4n) is 4.12. The van der Waals surface area contributed by atoms with Gasteiger partial charge < -0.3 is 19.5 Å². The van der Waals surface area contributed by atoms with Gasteiger partial charge in [-0.25, -0.2) is 14.2 Å². The zero-order chi connectivity index (χ0) is 23.2. The number of rotatable bonds is 4. The van der Waals surface area contributed by atoms with Crippen LogP contribution in [0.5, 0.6) is 0 Å². The van der Waals surface area contributed by atoms with Crippen molar-refractivity contribution in [1.29, 1.82) is 0 Å². The van der Waals surface area contributed by atoms with E-state index in [1.54, 1.807) is 6.07 Å². The van der Waals surface area contributed by atoms with E-state index in [4.69, 9.17) is 4.42 Å². The summed E-state index contributed by atoms with van der Waals surface area (Å²) in [4.78, 5) is 25.6. The number of benzene rings is 2. The molecule has 0 unspecified atom stereocenters. The number of carboxylic acid groups (broad SMARTS) is 2. The lowest BCUT2D eigenvalue weighted by Gasteiger charge is -2.26. The van der Waals surface area contributed by atoms with Gasteiger partial charge in [-0.05, 0) is 36.6 Å². The summed E-state index contributed by atoms with van der Waals surface area (Å²) in [6.45, 7) is 0. The molecule has 2 aliphatic carbocycles. The zero-order valence-electron chi connectivity index (χ0n) is 18.5. The third-order valence-electron chi connectivity index (χ3n) is 5.84. The van der Waals surface area contributed by atoms with Crippen LogP contribution in [0.15, 0.2) is 46.5 Å². The lowest BCUT2D eigenvalue weighted by atomic mass is 9.85. The first-order valence-corrected chi connectivity index (χ1v) is 10.3. The summed E-state index contributed by atoms with van der Waals surface area (Å²) in [7, 11) is 7.85. The normalized spacial score (nSPS) is 12.8. The van der Waals surface area contributed by atoms with Crippen LogP contribution in [-0.2, 0) is 6.42 Å². The van der Waals surface area contributed by atoms with Crippen molar-refractivity contribution in [3.05, 3.63) is 69.9 Å². The van der Waals surface area contributed by atoms with Gasteiger partial charge in [0.2, 0.25) is 5.36 Å². The molecule has 2 N–H and O–H groups in total. The molecule has 0 saturated heterocycles. The molecule has 4 rings (SSSR count). The minimum atomic E-state index is -1.17. The Morgan fingerprint density at radius 3 is 2.31 bits per heavy atom. The second-order valence-corrected chi connectivity index (χ2v) is 8.30. The summed E-state index contributed by atoms with van der Waals surface area (Å²) < 4.78 is 8.28. The molecule has 1 heterocycles. The number of nitrogens with zero attached hydrogens (tertiary/aromatic N) is 2.